The molecule has 202 valence electrons. The van der Waals surface area contributed by atoms with Crippen molar-refractivity contribution < 1.29 is 14.3 Å². The summed E-state index contributed by atoms with van der Waals surface area (Å²) >= 11 is 0. The molecule has 40 heavy (non-hydrogen) atoms. The second-order valence-electron chi connectivity index (χ2n) is 10.3. The van der Waals surface area contributed by atoms with Gasteiger partial charge in [-0.3, -0.25) is 14.5 Å². The lowest BCUT2D eigenvalue weighted by molar-refractivity contribution is -0.134. The SMILES string of the molecule is O=C(COc1ccc([C@H]2N(Cc3ccccc3)c3ccccc3C(=O)N2c2ccccc2)cc1)N1CCCCC1. The van der Waals surface area contributed by atoms with E-state index >= 15 is 0 Å². The Balaban J connectivity index is 1.34. The van der Waals surface area contributed by atoms with Crippen LogP contribution in [0.2, 0.25) is 0 Å². The van der Waals surface area contributed by atoms with E-state index < -0.39 is 0 Å². The zero-order chi connectivity index (χ0) is 27.3. The van der Waals surface area contributed by atoms with Crippen LogP contribution in [0.4, 0.5) is 11.4 Å². The van der Waals surface area contributed by atoms with Crippen LogP contribution in [-0.4, -0.2) is 36.4 Å². The third-order valence-corrected chi connectivity index (χ3v) is 7.68. The third kappa shape index (κ3) is 5.30. The highest BCUT2D eigenvalue weighted by Gasteiger charge is 2.39. The molecule has 4 aromatic carbocycles. The molecule has 1 fully saturated rings. The van der Waals surface area contributed by atoms with E-state index in [1.54, 1.807) is 0 Å². The number of likely N-dealkylation sites (tertiary alicyclic amines) is 1. The Bertz CT molecular complexity index is 1450. The molecule has 0 bridgehead atoms. The van der Waals surface area contributed by atoms with Crippen LogP contribution in [0.5, 0.6) is 5.75 Å². The van der Waals surface area contributed by atoms with Crippen molar-refractivity contribution in [2.24, 2.45) is 0 Å². The second kappa shape index (κ2) is 11.7. The minimum Gasteiger partial charge on any atom is -0.484 e. The first-order chi connectivity index (χ1) is 19.7. The Morgan fingerprint density at radius 1 is 0.750 bits per heavy atom. The van der Waals surface area contributed by atoms with E-state index in [0.717, 1.165) is 48.4 Å². The molecule has 0 saturated carbocycles. The normalized spacial score (nSPS) is 16.9. The van der Waals surface area contributed by atoms with Gasteiger partial charge in [0, 0.05) is 25.3 Å². The third-order valence-electron chi connectivity index (χ3n) is 7.68. The van der Waals surface area contributed by atoms with E-state index in [-0.39, 0.29) is 24.6 Å². The summed E-state index contributed by atoms with van der Waals surface area (Å²) in [6.45, 7) is 2.28. The number of para-hydroxylation sites is 2. The molecule has 6 rings (SSSR count). The molecule has 2 amide bonds. The van der Waals surface area contributed by atoms with Crippen molar-refractivity contribution in [2.45, 2.75) is 32.0 Å². The van der Waals surface area contributed by atoms with Crippen molar-refractivity contribution in [3.05, 3.63) is 126 Å². The van der Waals surface area contributed by atoms with Crippen LogP contribution >= 0.6 is 0 Å². The van der Waals surface area contributed by atoms with E-state index in [1.807, 2.05) is 107 Å². The Hall–Kier alpha value is -4.58. The number of nitrogens with zero attached hydrogens (tertiary/aromatic N) is 3. The van der Waals surface area contributed by atoms with Crippen LogP contribution < -0.4 is 14.5 Å². The molecule has 0 aromatic heterocycles. The van der Waals surface area contributed by atoms with E-state index in [9.17, 15) is 9.59 Å². The number of ether oxygens (including phenoxy) is 1. The lowest BCUT2D eigenvalue weighted by Gasteiger charge is -2.46. The zero-order valence-corrected chi connectivity index (χ0v) is 22.5. The predicted octanol–water partition coefficient (Wildman–Crippen LogP) is 6.44. The van der Waals surface area contributed by atoms with Crippen molar-refractivity contribution in [2.75, 3.05) is 29.5 Å². The molecule has 0 spiro atoms. The minimum atomic E-state index is -0.381. The first-order valence-corrected chi connectivity index (χ1v) is 14.0. The van der Waals surface area contributed by atoms with Gasteiger partial charge in [0.1, 0.15) is 11.9 Å². The van der Waals surface area contributed by atoms with E-state index in [4.69, 9.17) is 4.74 Å². The van der Waals surface area contributed by atoms with Crippen molar-refractivity contribution >= 4 is 23.2 Å². The molecule has 1 atom stereocenters. The topological polar surface area (TPSA) is 53.1 Å². The molecule has 0 radical (unpaired) electrons. The second-order valence-corrected chi connectivity index (χ2v) is 10.3. The van der Waals surface area contributed by atoms with Crippen LogP contribution in [0.1, 0.15) is 46.9 Å². The number of anilines is 2. The van der Waals surface area contributed by atoms with Crippen LogP contribution in [0, 0.1) is 0 Å². The quantitative estimate of drug-likeness (QED) is 0.275. The molecule has 2 aliphatic heterocycles. The maximum Gasteiger partial charge on any atom is 0.262 e. The maximum atomic E-state index is 14.0. The molecule has 6 heteroatoms. The first-order valence-electron chi connectivity index (χ1n) is 14.0. The number of fused-ring (bicyclic) bond motifs is 1. The number of carbonyl (C=O) groups is 2. The van der Waals surface area contributed by atoms with Gasteiger partial charge in [-0.15, -0.1) is 0 Å². The van der Waals surface area contributed by atoms with Gasteiger partial charge in [0.25, 0.3) is 11.8 Å². The van der Waals surface area contributed by atoms with Crippen molar-refractivity contribution in [3.8, 4) is 5.75 Å². The van der Waals surface area contributed by atoms with Crippen LogP contribution in [0.25, 0.3) is 0 Å². The summed E-state index contributed by atoms with van der Waals surface area (Å²) in [5.41, 5.74) is 4.52. The standard InChI is InChI=1S/C34H33N3O3/c38-32(35-22-10-3-11-23-35)25-40-29-20-18-27(19-21-29)33-36(24-26-12-4-1-5-13-26)31-17-9-8-16-30(31)34(39)37(33)28-14-6-2-7-15-28/h1-2,4-9,12-21,33H,3,10-11,22-25H2/t33-/m0/s1. The van der Waals surface area contributed by atoms with Gasteiger partial charge in [-0.25, -0.2) is 0 Å². The number of piperidine rings is 1. The molecule has 1 saturated heterocycles. The van der Waals surface area contributed by atoms with Crippen molar-refractivity contribution in [3.63, 3.8) is 0 Å². The highest BCUT2D eigenvalue weighted by atomic mass is 16.5. The molecule has 0 N–H and O–H groups in total. The van der Waals surface area contributed by atoms with Gasteiger partial charge in [0.2, 0.25) is 0 Å². The Kier molecular flexibility index (Phi) is 7.49. The maximum absolute atomic E-state index is 14.0. The van der Waals surface area contributed by atoms with Gasteiger partial charge in [0.15, 0.2) is 6.61 Å². The zero-order valence-electron chi connectivity index (χ0n) is 22.5. The monoisotopic (exact) mass is 531 g/mol. The summed E-state index contributed by atoms with van der Waals surface area (Å²) in [6, 6.07) is 35.7. The summed E-state index contributed by atoms with van der Waals surface area (Å²) in [4.78, 5) is 32.7. The minimum absolute atomic E-state index is 0.0301. The molecule has 2 heterocycles. The fourth-order valence-electron chi connectivity index (χ4n) is 5.66. The van der Waals surface area contributed by atoms with E-state index in [1.165, 1.54) is 6.42 Å². The molecule has 0 unspecified atom stereocenters. The summed E-state index contributed by atoms with van der Waals surface area (Å²) in [7, 11) is 0. The van der Waals surface area contributed by atoms with Crippen LogP contribution in [0.3, 0.4) is 0 Å². The Morgan fingerprint density at radius 2 is 1.40 bits per heavy atom. The van der Waals surface area contributed by atoms with Gasteiger partial charge in [-0.05, 0) is 66.8 Å². The highest BCUT2D eigenvalue weighted by Crippen LogP contribution is 2.42. The Morgan fingerprint density at radius 3 is 2.12 bits per heavy atom. The fraction of sp³-hybridized carbons (Fsp3) is 0.235. The average Bonchev–Trinajstić information content (AvgIpc) is 3.03. The molecule has 6 nitrogen and oxygen atoms in total. The highest BCUT2D eigenvalue weighted by molar-refractivity contribution is 6.12. The van der Waals surface area contributed by atoms with Crippen LogP contribution in [0.15, 0.2) is 109 Å². The molecule has 0 aliphatic carbocycles. The first kappa shape index (κ1) is 25.7. The van der Waals surface area contributed by atoms with Gasteiger partial charge in [0.05, 0.1) is 11.3 Å². The summed E-state index contributed by atoms with van der Waals surface area (Å²) < 4.78 is 5.89. The number of carbonyl (C=O) groups excluding carboxylic acids is 2. The predicted molar refractivity (Wildman–Crippen MR) is 157 cm³/mol. The van der Waals surface area contributed by atoms with Crippen LogP contribution in [-0.2, 0) is 11.3 Å². The van der Waals surface area contributed by atoms with E-state index in [0.29, 0.717) is 17.9 Å². The largest absolute Gasteiger partial charge is 0.484 e. The lowest BCUT2D eigenvalue weighted by atomic mass is 9.99. The number of hydrogen-bond donors (Lipinski definition) is 0. The van der Waals surface area contributed by atoms with Crippen molar-refractivity contribution in [1.82, 2.24) is 4.90 Å². The average molecular weight is 532 g/mol. The molecular weight excluding hydrogens is 498 g/mol. The van der Waals surface area contributed by atoms with E-state index in [2.05, 4.69) is 17.0 Å². The van der Waals surface area contributed by atoms with Gasteiger partial charge in [-0.1, -0.05) is 72.8 Å². The molecule has 4 aromatic rings. The number of amides is 2. The van der Waals surface area contributed by atoms with Crippen molar-refractivity contribution in [1.29, 1.82) is 0 Å². The van der Waals surface area contributed by atoms with Gasteiger partial charge >= 0.3 is 0 Å². The molecular formula is C34H33N3O3. The lowest BCUT2D eigenvalue weighted by Crippen LogP contribution is -2.49. The smallest absolute Gasteiger partial charge is 0.262 e. The number of benzene rings is 4. The fourth-order valence-corrected chi connectivity index (χ4v) is 5.66. The summed E-state index contributed by atoms with van der Waals surface area (Å²) in [5.74, 6) is 0.628. The Labute approximate surface area is 235 Å². The summed E-state index contributed by atoms with van der Waals surface area (Å²) in [5, 5.41) is 0. The number of rotatable bonds is 7. The summed E-state index contributed by atoms with van der Waals surface area (Å²) in [6.07, 6.45) is 2.91. The van der Waals surface area contributed by atoms with Gasteiger partial charge < -0.3 is 14.5 Å². The van der Waals surface area contributed by atoms with Gasteiger partial charge in [-0.2, -0.15) is 0 Å². The number of hydrogen-bond acceptors (Lipinski definition) is 4. The molecule has 2 aliphatic rings.